The highest BCUT2D eigenvalue weighted by molar-refractivity contribution is 6.55. The molecular weight excluding hydrogens is 511 g/mol. The summed E-state index contributed by atoms with van der Waals surface area (Å²) in [5, 5.41) is 24.4. The van der Waals surface area contributed by atoms with Crippen LogP contribution >= 0.6 is 0 Å². The first kappa shape index (κ1) is 25.5. The van der Waals surface area contributed by atoms with Crippen molar-refractivity contribution in [1.82, 2.24) is 0 Å². The lowest BCUT2D eigenvalue weighted by atomic mass is 10.0. The molecule has 0 radical (unpaired) electrons. The number of fused-ring (bicyclic) bond motifs is 1. The van der Waals surface area contributed by atoms with Crippen LogP contribution in [-0.2, 0) is 11.2 Å². The van der Waals surface area contributed by atoms with Gasteiger partial charge in [0.1, 0.15) is 5.75 Å². The van der Waals surface area contributed by atoms with Gasteiger partial charge in [-0.05, 0) is 47.5 Å². The number of aromatic carboxylic acids is 1. The zero-order valence-corrected chi connectivity index (χ0v) is 20.1. The number of halogens is 3. The Morgan fingerprint density at radius 3 is 2.31 bits per heavy atom. The van der Waals surface area contributed by atoms with Crippen molar-refractivity contribution in [3.05, 3.63) is 108 Å². The molecule has 3 N–H and O–H groups in total. The first-order valence-electron chi connectivity index (χ1n) is 11.7. The maximum absolute atomic E-state index is 13.4. The van der Waals surface area contributed by atoms with Crippen LogP contribution in [0.25, 0.3) is 11.1 Å². The number of para-hydroxylation sites is 2. The van der Waals surface area contributed by atoms with E-state index in [4.69, 9.17) is 0 Å². The van der Waals surface area contributed by atoms with Crippen LogP contribution < -0.4 is 10.3 Å². The lowest BCUT2D eigenvalue weighted by Crippen LogP contribution is -2.26. The number of nitrogens with zero attached hydrogens (tertiary/aromatic N) is 2. The lowest BCUT2D eigenvalue weighted by molar-refractivity contribution is -0.127. The van der Waals surface area contributed by atoms with Gasteiger partial charge in [0.15, 0.2) is 5.71 Å². The van der Waals surface area contributed by atoms with E-state index in [-0.39, 0.29) is 28.3 Å². The van der Waals surface area contributed by atoms with Crippen molar-refractivity contribution < 1.29 is 33.0 Å². The molecule has 0 unspecified atom stereocenters. The topological polar surface area (TPSA) is 102 Å². The van der Waals surface area contributed by atoms with Crippen molar-refractivity contribution in [1.29, 1.82) is 0 Å². The molecule has 1 amide bonds. The van der Waals surface area contributed by atoms with Crippen molar-refractivity contribution in [2.24, 2.45) is 5.10 Å². The second-order valence-electron chi connectivity index (χ2n) is 8.78. The Labute approximate surface area is 220 Å². The van der Waals surface area contributed by atoms with Gasteiger partial charge < -0.3 is 10.2 Å². The number of aromatic hydroxyl groups is 1. The van der Waals surface area contributed by atoms with E-state index < -0.39 is 24.5 Å². The van der Waals surface area contributed by atoms with Crippen molar-refractivity contribution in [3.8, 4) is 16.9 Å². The molecule has 1 aliphatic rings. The number of alkyl halides is 3. The highest BCUT2D eigenvalue weighted by Gasteiger charge is 2.35. The number of nitrogens with one attached hydrogen (secondary N) is 1. The highest BCUT2D eigenvalue weighted by Crippen LogP contribution is 2.38. The molecule has 0 aliphatic carbocycles. The standard InChI is InChI=1S/C29H20F3N3O4/c30-29(31,32)16-17-11-13-20(14-12-17)35-24-10-2-1-7-22(24)25(27(35)37)34-33-23-9-4-8-21(26(23)36)18-5-3-6-19(15-18)28(38)39/h1-15,33,36H,16H2,(H,38,39). The minimum Gasteiger partial charge on any atom is -0.505 e. The number of carboxylic acid groups (broad SMARTS) is 1. The summed E-state index contributed by atoms with van der Waals surface area (Å²) >= 11 is 0. The third-order valence-corrected chi connectivity index (χ3v) is 6.15. The van der Waals surface area contributed by atoms with Gasteiger partial charge in [-0.2, -0.15) is 18.3 Å². The molecule has 0 saturated carbocycles. The lowest BCUT2D eigenvalue weighted by Gasteiger charge is -2.17. The summed E-state index contributed by atoms with van der Waals surface area (Å²) in [4.78, 5) is 26.1. The fourth-order valence-corrected chi connectivity index (χ4v) is 4.36. The summed E-state index contributed by atoms with van der Waals surface area (Å²) in [7, 11) is 0. The number of carbonyl (C=O) groups is 2. The molecule has 4 aromatic rings. The molecule has 1 heterocycles. The number of phenols is 1. The van der Waals surface area contributed by atoms with Crippen LogP contribution in [0, 0.1) is 0 Å². The molecule has 5 rings (SSSR count). The number of carboxylic acids is 1. The van der Waals surface area contributed by atoms with E-state index in [0.717, 1.165) is 0 Å². The summed E-state index contributed by atoms with van der Waals surface area (Å²) in [6.45, 7) is 0. The molecule has 4 aromatic carbocycles. The van der Waals surface area contributed by atoms with Crippen LogP contribution in [0.1, 0.15) is 21.5 Å². The van der Waals surface area contributed by atoms with Gasteiger partial charge in [0.05, 0.1) is 23.4 Å². The summed E-state index contributed by atoms with van der Waals surface area (Å²) < 4.78 is 38.2. The van der Waals surface area contributed by atoms with Gasteiger partial charge in [-0.3, -0.25) is 15.1 Å². The van der Waals surface area contributed by atoms with Crippen LogP contribution in [0.5, 0.6) is 5.75 Å². The quantitative estimate of drug-likeness (QED) is 0.199. The van der Waals surface area contributed by atoms with Gasteiger partial charge in [0.25, 0.3) is 5.91 Å². The minimum atomic E-state index is -4.34. The number of carbonyl (C=O) groups excluding carboxylic acids is 1. The molecule has 10 heteroatoms. The Hall–Kier alpha value is -5.12. The molecule has 7 nitrogen and oxygen atoms in total. The molecule has 0 saturated heterocycles. The second-order valence-corrected chi connectivity index (χ2v) is 8.78. The van der Waals surface area contributed by atoms with Crippen LogP contribution in [-0.4, -0.2) is 34.0 Å². The Kier molecular flexibility index (Phi) is 6.53. The zero-order chi connectivity index (χ0) is 27.7. The number of hydrazone groups is 1. The Morgan fingerprint density at radius 1 is 0.897 bits per heavy atom. The molecule has 0 bridgehead atoms. The largest absolute Gasteiger partial charge is 0.505 e. The number of amides is 1. The SMILES string of the molecule is O=C(O)c1cccc(-c2cccc(NN=C3C(=O)N(c4ccc(CC(F)(F)F)cc4)c4ccccc43)c2O)c1. The average Bonchev–Trinajstić information content (AvgIpc) is 3.18. The third kappa shape index (κ3) is 5.17. The molecule has 0 atom stereocenters. The Balaban J connectivity index is 1.45. The molecule has 0 spiro atoms. The summed E-state index contributed by atoms with van der Waals surface area (Å²) in [5.41, 5.74) is 5.32. The number of anilines is 3. The average molecular weight is 531 g/mol. The van der Waals surface area contributed by atoms with Crippen LogP contribution in [0.2, 0.25) is 0 Å². The van der Waals surface area contributed by atoms with Crippen molar-refractivity contribution in [3.63, 3.8) is 0 Å². The number of phenolic OH excluding ortho intramolecular Hbond substituents is 1. The summed E-state index contributed by atoms with van der Waals surface area (Å²) in [6.07, 6.45) is -5.41. The number of benzene rings is 4. The van der Waals surface area contributed by atoms with E-state index in [1.54, 1.807) is 54.6 Å². The van der Waals surface area contributed by atoms with E-state index in [9.17, 15) is 33.0 Å². The van der Waals surface area contributed by atoms with E-state index in [0.29, 0.717) is 28.1 Å². The number of hydrogen-bond acceptors (Lipinski definition) is 5. The van der Waals surface area contributed by atoms with E-state index >= 15 is 0 Å². The number of hydrogen-bond donors (Lipinski definition) is 3. The van der Waals surface area contributed by atoms with Crippen LogP contribution in [0.4, 0.5) is 30.2 Å². The van der Waals surface area contributed by atoms with Crippen molar-refractivity contribution >= 4 is 34.7 Å². The van der Waals surface area contributed by atoms with Crippen LogP contribution in [0.3, 0.4) is 0 Å². The predicted octanol–water partition coefficient (Wildman–Crippen LogP) is 6.36. The van der Waals surface area contributed by atoms with Gasteiger partial charge in [0.2, 0.25) is 0 Å². The van der Waals surface area contributed by atoms with E-state index in [2.05, 4.69) is 10.5 Å². The molecular formula is C29H20F3N3O4. The summed E-state index contributed by atoms with van der Waals surface area (Å²) in [5.74, 6) is -1.80. The molecule has 0 aromatic heterocycles. The van der Waals surface area contributed by atoms with Gasteiger partial charge in [-0.15, -0.1) is 0 Å². The predicted molar refractivity (Wildman–Crippen MR) is 140 cm³/mol. The molecule has 1 aliphatic heterocycles. The molecule has 196 valence electrons. The van der Waals surface area contributed by atoms with Gasteiger partial charge in [0, 0.05) is 16.8 Å². The normalized spacial score (nSPS) is 14.0. The highest BCUT2D eigenvalue weighted by atomic mass is 19.4. The zero-order valence-electron chi connectivity index (χ0n) is 20.1. The first-order valence-corrected chi connectivity index (χ1v) is 11.7. The van der Waals surface area contributed by atoms with E-state index in [1.807, 2.05) is 0 Å². The minimum absolute atomic E-state index is 0.0441. The fourth-order valence-electron chi connectivity index (χ4n) is 4.36. The second kappa shape index (κ2) is 9.97. The Morgan fingerprint density at radius 2 is 1.59 bits per heavy atom. The Bertz CT molecular complexity index is 1620. The smallest absolute Gasteiger partial charge is 0.393 e. The van der Waals surface area contributed by atoms with Gasteiger partial charge in [-0.1, -0.05) is 54.6 Å². The first-order chi connectivity index (χ1) is 18.6. The number of rotatable bonds is 6. The molecule has 39 heavy (non-hydrogen) atoms. The summed E-state index contributed by atoms with van der Waals surface area (Å²) in [6, 6.07) is 23.3. The van der Waals surface area contributed by atoms with Crippen LogP contribution in [0.15, 0.2) is 96.1 Å². The van der Waals surface area contributed by atoms with Crippen molar-refractivity contribution in [2.75, 3.05) is 10.3 Å². The third-order valence-electron chi connectivity index (χ3n) is 6.15. The van der Waals surface area contributed by atoms with Gasteiger partial charge >= 0.3 is 12.1 Å². The maximum atomic E-state index is 13.4. The van der Waals surface area contributed by atoms with Crippen molar-refractivity contribution in [2.45, 2.75) is 12.6 Å². The maximum Gasteiger partial charge on any atom is 0.393 e. The van der Waals surface area contributed by atoms with Gasteiger partial charge in [-0.25, -0.2) is 4.79 Å². The monoisotopic (exact) mass is 531 g/mol. The molecule has 0 fully saturated rings. The van der Waals surface area contributed by atoms with E-state index in [1.165, 1.54) is 41.3 Å². The fraction of sp³-hybridized carbons (Fsp3) is 0.0690.